The number of hydrogen-bond acceptors (Lipinski definition) is 3. The molecule has 4 nitrogen and oxygen atoms in total. The molecular formula is C11H19N3O. The van der Waals surface area contributed by atoms with Crippen LogP contribution < -0.4 is 5.73 Å². The lowest BCUT2D eigenvalue weighted by Crippen LogP contribution is -2.30. The van der Waals surface area contributed by atoms with E-state index in [1.165, 1.54) is 0 Å². The number of carbonyl (C=O) groups is 1. The quantitative estimate of drug-likeness (QED) is 0.761. The minimum atomic E-state index is -0.285. The molecule has 15 heavy (non-hydrogen) atoms. The number of hydrogen-bond donors (Lipinski definition) is 1. The molecule has 0 saturated carbocycles. The van der Waals surface area contributed by atoms with Crippen molar-refractivity contribution < 1.29 is 4.79 Å². The van der Waals surface area contributed by atoms with E-state index in [1.54, 1.807) is 10.9 Å². The van der Waals surface area contributed by atoms with Gasteiger partial charge in [0, 0.05) is 19.7 Å². The van der Waals surface area contributed by atoms with Gasteiger partial charge >= 0.3 is 0 Å². The molecule has 1 heterocycles. The minimum absolute atomic E-state index is 0.153. The highest BCUT2D eigenvalue weighted by Gasteiger charge is 2.12. The summed E-state index contributed by atoms with van der Waals surface area (Å²) < 4.78 is 1.74. The van der Waals surface area contributed by atoms with Crippen molar-refractivity contribution in [2.75, 3.05) is 0 Å². The third-order valence-electron chi connectivity index (χ3n) is 2.43. The van der Waals surface area contributed by atoms with Gasteiger partial charge in [0.05, 0.1) is 12.2 Å². The van der Waals surface area contributed by atoms with Crippen molar-refractivity contribution in [2.45, 2.75) is 38.6 Å². The third-order valence-corrected chi connectivity index (χ3v) is 2.43. The SMILES string of the molecule is CCCC(N)C(=O)CCc1cnn(C)c1. The van der Waals surface area contributed by atoms with Crippen LogP contribution in [0.1, 0.15) is 31.7 Å². The number of aromatic nitrogens is 2. The normalized spacial score (nSPS) is 12.7. The van der Waals surface area contributed by atoms with Crippen molar-refractivity contribution in [1.29, 1.82) is 0 Å². The smallest absolute Gasteiger partial charge is 0.149 e. The van der Waals surface area contributed by atoms with E-state index in [0.717, 1.165) is 24.8 Å². The van der Waals surface area contributed by atoms with E-state index >= 15 is 0 Å². The maximum Gasteiger partial charge on any atom is 0.149 e. The van der Waals surface area contributed by atoms with Gasteiger partial charge in [0.1, 0.15) is 5.78 Å². The molecule has 0 aliphatic carbocycles. The van der Waals surface area contributed by atoms with Crippen LogP contribution in [0.5, 0.6) is 0 Å². The van der Waals surface area contributed by atoms with E-state index in [2.05, 4.69) is 5.10 Å². The number of aryl methyl sites for hydroxylation is 2. The standard InChI is InChI=1S/C11H19N3O/c1-3-4-10(12)11(15)6-5-9-7-13-14(2)8-9/h7-8,10H,3-6,12H2,1-2H3. The summed E-state index contributed by atoms with van der Waals surface area (Å²) in [4.78, 5) is 11.6. The van der Waals surface area contributed by atoms with E-state index in [-0.39, 0.29) is 11.8 Å². The lowest BCUT2D eigenvalue weighted by atomic mass is 10.0. The van der Waals surface area contributed by atoms with Crippen LogP contribution in [0.25, 0.3) is 0 Å². The molecule has 0 aliphatic heterocycles. The Morgan fingerprint density at radius 3 is 2.93 bits per heavy atom. The first-order valence-corrected chi connectivity index (χ1v) is 5.39. The molecule has 0 saturated heterocycles. The van der Waals surface area contributed by atoms with Gasteiger partial charge in [-0.1, -0.05) is 13.3 Å². The van der Waals surface area contributed by atoms with Crippen LogP contribution in [0.15, 0.2) is 12.4 Å². The Morgan fingerprint density at radius 2 is 2.40 bits per heavy atom. The zero-order valence-electron chi connectivity index (χ0n) is 9.44. The number of ketones is 1. The lowest BCUT2D eigenvalue weighted by Gasteiger charge is -2.07. The Hall–Kier alpha value is -1.16. The van der Waals surface area contributed by atoms with Gasteiger partial charge < -0.3 is 5.73 Å². The first-order valence-electron chi connectivity index (χ1n) is 5.39. The van der Waals surface area contributed by atoms with E-state index < -0.39 is 0 Å². The fourth-order valence-corrected chi connectivity index (χ4v) is 1.53. The number of rotatable bonds is 6. The fraction of sp³-hybridized carbons (Fsp3) is 0.636. The van der Waals surface area contributed by atoms with E-state index in [4.69, 9.17) is 5.73 Å². The number of carbonyl (C=O) groups excluding carboxylic acids is 1. The first-order chi connectivity index (χ1) is 7.13. The minimum Gasteiger partial charge on any atom is -0.322 e. The van der Waals surface area contributed by atoms with Gasteiger partial charge in [-0.05, 0) is 18.4 Å². The molecule has 0 spiro atoms. The lowest BCUT2D eigenvalue weighted by molar-refractivity contribution is -0.120. The Balaban J connectivity index is 2.34. The molecule has 0 fully saturated rings. The molecule has 4 heteroatoms. The molecule has 84 valence electrons. The summed E-state index contributed by atoms with van der Waals surface area (Å²) in [6.07, 6.45) is 6.72. The largest absolute Gasteiger partial charge is 0.322 e. The number of Topliss-reactive ketones (excluding diaryl/α,β-unsaturated/α-hetero) is 1. The zero-order chi connectivity index (χ0) is 11.3. The van der Waals surface area contributed by atoms with Gasteiger partial charge in [0.2, 0.25) is 0 Å². The summed E-state index contributed by atoms with van der Waals surface area (Å²) in [5.74, 6) is 0.153. The van der Waals surface area contributed by atoms with Crippen molar-refractivity contribution in [3.05, 3.63) is 18.0 Å². The Morgan fingerprint density at radius 1 is 1.67 bits per heavy atom. The maximum atomic E-state index is 11.6. The van der Waals surface area contributed by atoms with Gasteiger partial charge in [-0.2, -0.15) is 5.10 Å². The molecule has 1 aromatic rings. The molecule has 1 atom stereocenters. The molecular weight excluding hydrogens is 190 g/mol. The highest BCUT2D eigenvalue weighted by atomic mass is 16.1. The fourth-order valence-electron chi connectivity index (χ4n) is 1.53. The average Bonchev–Trinajstić information content (AvgIpc) is 2.61. The molecule has 2 N–H and O–H groups in total. The number of nitrogens with zero attached hydrogens (tertiary/aromatic N) is 2. The predicted molar refractivity (Wildman–Crippen MR) is 59.4 cm³/mol. The van der Waals surface area contributed by atoms with Crippen LogP contribution >= 0.6 is 0 Å². The maximum absolute atomic E-state index is 11.6. The molecule has 0 aromatic carbocycles. The monoisotopic (exact) mass is 209 g/mol. The highest BCUT2D eigenvalue weighted by Crippen LogP contribution is 2.04. The zero-order valence-corrected chi connectivity index (χ0v) is 9.44. The van der Waals surface area contributed by atoms with Crippen molar-refractivity contribution in [2.24, 2.45) is 12.8 Å². The third kappa shape index (κ3) is 3.83. The molecule has 0 radical (unpaired) electrons. The summed E-state index contributed by atoms with van der Waals surface area (Å²) in [6.45, 7) is 2.04. The number of nitrogens with two attached hydrogens (primary N) is 1. The Labute approximate surface area is 90.5 Å². The van der Waals surface area contributed by atoms with Crippen molar-refractivity contribution >= 4 is 5.78 Å². The van der Waals surface area contributed by atoms with Crippen LogP contribution in [0, 0.1) is 0 Å². The molecule has 1 rings (SSSR count). The van der Waals surface area contributed by atoms with Crippen LogP contribution in [-0.4, -0.2) is 21.6 Å². The molecule has 0 amide bonds. The second-order valence-electron chi connectivity index (χ2n) is 3.88. The Bertz CT molecular complexity index is 319. The van der Waals surface area contributed by atoms with Gasteiger partial charge in [0.15, 0.2) is 0 Å². The van der Waals surface area contributed by atoms with Crippen molar-refractivity contribution in [3.63, 3.8) is 0 Å². The van der Waals surface area contributed by atoms with Crippen LogP contribution in [0.2, 0.25) is 0 Å². The summed E-state index contributed by atoms with van der Waals surface area (Å²) in [5.41, 5.74) is 6.82. The first kappa shape index (κ1) is 11.9. The summed E-state index contributed by atoms with van der Waals surface area (Å²) >= 11 is 0. The molecule has 0 aliphatic rings. The second kappa shape index (κ2) is 5.66. The van der Waals surface area contributed by atoms with Crippen LogP contribution in [0.4, 0.5) is 0 Å². The predicted octanol–water partition coefficient (Wildman–Crippen LogP) is 1.05. The van der Waals surface area contributed by atoms with E-state index in [9.17, 15) is 4.79 Å². The van der Waals surface area contributed by atoms with E-state index in [0.29, 0.717) is 6.42 Å². The summed E-state index contributed by atoms with van der Waals surface area (Å²) in [6, 6.07) is -0.285. The summed E-state index contributed by atoms with van der Waals surface area (Å²) in [7, 11) is 1.87. The van der Waals surface area contributed by atoms with Gasteiger partial charge in [0.25, 0.3) is 0 Å². The topological polar surface area (TPSA) is 60.9 Å². The van der Waals surface area contributed by atoms with Crippen LogP contribution in [0.3, 0.4) is 0 Å². The molecule has 0 bridgehead atoms. The average molecular weight is 209 g/mol. The summed E-state index contributed by atoms with van der Waals surface area (Å²) in [5, 5.41) is 4.05. The van der Waals surface area contributed by atoms with Gasteiger partial charge in [-0.3, -0.25) is 9.48 Å². The van der Waals surface area contributed by atoms with Crippen LogP contribution in [-0.2, 0) is 18.3 Å². The Kier molecular flexibility index (Phi) is 4.49. The molecule has 1 aromatic heterocycles. The highest BCUT2D eigenvalue weighted by molar-refractivity contribution is 5.83. The van der Waals surface area contributed by atoms with Gasteiger partial charge in [-0.25, -0.2) is 0 Å². The van der Waals surface area contributed by atoms with Gasteiger partial charge in [-0.15, -0.1) is 0 Å². The van der Waals surface area contributed by atoms with E-state index in [1.807, 2.05) is 20.2 Å². The van der Waals surface area contributed by atoms with Crippen molar-refractivity contribution in [1.82, 2.24) is 9.78 Å². The molecule has 1 unspecified atom stereocenters. The van der Waals surface area contributed by atoms with Crippen molar-refractivity contribution in [3.8, 4) is 0 Å². The second-order valence-corrected chi connectivity index (χ2v) is 3.88.